The Morgan fingerprint density at radius 1 is 1.15 bits per heavy atom. The molecular weight excluding hydrogens is 158 g/mol. The zero-order chi connectivity index (χ0) is 9.68. The van der Waals surface area contributed by atoms with Gasteiger partial charge in [-0.3, -0.25) is 0 Å². The quantitative estimate of drug-likeness (QED) is 0.598. The number of hydrogen-bond donors (Lipinski definition) is 1. The first-order valence-corrected chi connectivity index (χ1v) is 5.93. The molecular formula is C12H25N. The Hall–Kier alpha value is -0.0400. The molecule has 0 heterocycles. The molecule has 1 aliphatic carbocycles. The van der Waals surface area contributed by atoms with E-state index in [2.05, 4.69) is 26.1 Å². The minimum atomic E-state index is 0.777. The van der Waals surface area contributed by atoms with Crippen molar-refractivity contribution in [3.8, 4) is 0 Å². The van der Waals surface area contributed by atoms with Gasteiger partial charge in [-0.25, -0.2) is 0 Å². The second kappa shape index (κ2) is 5.64. The summed E-state index contributed by atoms with van der Waals surface area (Å²) in [6.45, 7) is 8.17. The Balaban J connectivity index is 1.83. The summed E-state index contributed by atoms with van der Waals surface area (Å²) in [6.07, 6.45) is 7.05. The Morgan fingerprint density at radius 2 is 1.85 bits per heavy atom. The summed E-state index contributed by atoms with van der Waals surface area (Å²) >= 11 is 0. The van der Waals surface area contributed by atoms with Crippen molar-refractivity contribution in [3.05, 3.63) is 0 Å². The highest BCUT2D eigenvalue weighted by molar-refractivity contribution is 4.82. The van der Waals surface area contributed by atoms with Crippen molar-refractivity contribution in [2.24, 2.45) is 11.8 Å². The molecule has 1 atom stereocenters. The molecule has 13 heavy (non-hydrogen) atoms. The zero-order valence-corrected chi connectivity index (χ0v) is 9.47. The topological polar surface area (TPSA) is 12.0 Å². The summed E-state index contributed by atoms with van der Waals surface area (Å²) in [5.74, 6) is 1.88. The van der Waals surface area contributed by atoms with E-state index in [0.29, 0.717) is 0 Å². The molecule has 0 bridgehead atoms. The minimum absolute atomic E-state index is 0.777. The maximum Gasteiger partial charge on any atom is 0.00669 e. The van der Waals surface area contributed by atoms with Gasteiger partial charge in [-0.05, 0) is 44.6 Å². The highest BCUT2D eigenvalue weighted by Gasteiger charge is 2.26. The van der Waals surface area contributed by atoms with Gasteiger partial charge in [-0.2, -0.15) is 0 Å². The van der Waals surface area contributed by atoms with Crippen LogP contribution in [0.4, 0.5) is 0 Å². The Labute approximate surface area is 83.3 Å². The van der Waals surface area contributed by atoms with Gasteiger partial charge in [-0.15, -0.1) is 0 Å². The molecule has 1 nitrogen and oxygen atoms in total. The molecule has 0 saturated heterocycles. The molecule has 1 aliphatic rings. The molecule has 0 spiro atoms. The lowest BCUT2D eigenvalue weighted by Crippen LogP contribution is -2.28. The largest absolute Gasteiger partial charge is 0.314 e. The third-order valence-corrected chi connectivity index (χ3v) is 3.00. The minimum Gasteiger partial charge on any atom is -0.314 e. The van der Waals surface area contributed by atoms with Crippen LogP contribution in [0.1, 0.15) is 52.9 Å². The van der Waals surface area contributed by atoms with E-state index < -0.39 is 0 Å². The lowest BCUT2D eigenvalue weighted by molar-refractivity contribution is 0.465. The van der Waals surface area contributed by atoms with Gasteiger partial charge in [0.15, 0.2) is 0 Å². The van der Waals surface area contributed by atoms with Crippen LogP contribution in [0.2, 0.25) is 0 Å². The van der Waals surface area contributed by atoms with Crippen molar-refractivity contribution < 1.29 is 0 Å². The number of nitrogens with one attached hydrogen (secondary N) is 1. The first kappa shape index (κ1) is 11.0. The van der Waals surface area contributed by atoms with Crippen LogP contribution in [0.3, 0.4) is 0 Å². The summed E-state index contributed by atoms with van der Waals surface area (Å²) in [5, 5.41) is 3.62. The smallest absolute Gasteiger partial charge is 0.00669 e. The molecule has 78 valence electrons. The van der Waals surface area contributed by atoms with Crippen molar-refractivity contribution in [1.82, 2.24) is 5.32 Å². The fourth-order valence-corrected chi connectivity index (χ4v) is 1.77. The lowest BCUT2D eigenvalue weighted by atomic mass is 10.1. The van der Waals surface area contributed by atoms with E-state index in [0.717, 1.165) is 17.9 Å². The normalized spacial score (nSPS) is 19.4. The summed E-state index contributed by atoms with van der Waals surface area (Å²) in [5.41, 5.74) is 0. The number of hydrogen-bond acceptors (Lipinski definition) is 1. The maximum atomic E-state index is 3.62. The third kappa shape index (κ3) is 5.30. The summed E-state index contributed by atoms with van der Waals surface area (Å²) < 4.78 is 0. The average Bonchev–Trinajstić information content (AvgIpc) is 2.85. The summed E-state index contributed by atoms with van der Waals surface area (Å²) in [6, 6.07) is 0.777. The molecule has 1 heteroatoms. The van der Waals surface area contributed by atoms with Crippen molar-refractivity contribution in [3.63, 3.8) is 0 Å². The molecule has 1 unspecified atom stereocenters. The van der Waals surface area contributed by atoms with E-state index >= 15 is 0 Å². The molecule has 0 aromatic rings. The Kier molecular flexibility index (Phi) is 4.79. The molecule has 1 fully saturated rings. The molecule has 1 saturated carbocycles. The van der Waals surface area contributed by atoms with E-state index in [4.69, 9.17) is 0 Å². The van der Waals surface area contributed by atoms with Gasteiger partial charge in [0.1, 0.15) is 0 Å². The molecule has 0 amide bonds. The van der Waals surface area contributed by atoms with Crippen LogP contribution in [0.15, 0.2) is 0 Å². The van der Waals surface area contributed by atoms with Crippen molar-refractivity contribution in [2.75, 3.05) is 6.54 Å². The number of unbranched alkanes of at least 4 members (excludes halogenated alkanes) is 1. The van der Waals surface area contributed by atoms with Gasteiger partial charge in [0, 0.05) is 6.04 Å². The lowest BCUT2D eigenvalue weighted by Gasteiger charge is -2.12. The molecule has 0 radical (unpaired) electrons. The molecule has 0 aromatic carbocycles. The van der Waals surface area contributed by atoms with E-state index in [9.17, 15) is 0 Å². The SMILES string of the molecule is CC(C)CCCCNC(C)C1CC1. The maximum absolute atomic E-state index is 3.62. The van der Waals surface area contributed by atoms with Crippen molar-refractivity contribution >= 4 is 0 Å². The van der Waals surface area contributed by atoms with Crippen LogP contribution in [0.5, 0.6) is 0 Å². The summed E-state index contributed by atoms with van der Waals surface area (Å²) in [4.78, 5) is 0. The zero-order valence-electron chi connectivity index (χ0n) is 9.47. The van der Waals surface area contributed by atoms with Gasteiger partial charge in [-0.1, -0.05) is 26.7 Å². The number of rotatable bonds is 7. The van der Waals surface area contributed by atoms with Crippen LogP contribution in [-0.4, -0.2) is 12.6 Å². The predicted molar refractivity (Wildman–Crippen MR) is 58.9 cm³/mol. The van der Waals surface area contributed by atoms with Gasteiger partial charge in [0.05, 0.1) is 0 Å². The predicted octanol–water partition coefficient (Wildman–Crippen LogP) is 3.20. The average molecular weight is 183 g/mol. The van der Waals surface area contributed by atoms with E-state index in [1.165, 1.54) is 38.6 Å². The van der Waals surface area contributed by atoms with Crippen LogP contribution >= 0.6 is 0 Å². The highest BCUT2D eigenvalue weighted by atomic mass is 14.9. The third-order valence-electron chi connectivity index (χ3n) is 3.00. The van der Waals surface area contributed by atoms with Crippen LogP contribution in [0.25, 0.3) is 0 Å². The monoisotopic (exact) mass is 183 g/mol. The fraction of sp³-hybridized carbons (Fsp3) is 1.00. The van der Waals surface area contributed by atoms with Crippen molar-refractivity contribution in [1.29, 1.82) is 0 Å². The molecule has 0 aromatic heterocycles. The second-order valence-electron chi connectivity index (χ2n) is 4.97. The van der Waals surface area contributed by atoms with Gasteiger partial charge < -0.3 is 5.32 Å². The van der Waals surface area contributed by atoms with Gasteiger partial charge >= 0.3 is 0 Å². The second-order valence-corrected chi connectivity index (χ2v) is 4.97. The Bertz CT molecular complexity index is 127. The highest BCUT2D eigenvalue weighted by Crippen LogP contribution is 2.32. The first-order chi connectivity index (χ1) is 6.20. The Morgan fingerprint density at radius 3 is 2.38 bits per heavy atom. The van der Waals surface area contributed by atoms with Gasteiger partial charge in [0.25, 0.3) is 0 Å². The first-order valence-electron chi connectivity index (χ1n) is 5.93. The van der Waals surface area contributed by atoms with Gasteiger partial charge in [0.2, 0.25) is 0 Å². The van der Waals surface area contributed by atoms with E-state index in [1.54, 1.807) is 0 Å². The standard InChI is InChI=1S/C12H25N/c1-10(2)6-4-5-9-13-11(3)12-7-8-12/h10-13H,4-9H2,1-3H3. The van der Waals surface area contributed by atoms with Crippen LogP contribution in [-0.2, 0) is 0 Å². The van der Waals surface area contributed by atoms with E-state index in [-0.39, 0.29) is 0 Å². The molecule has 1 rings (SSSR count). The summed E-state index contributed by atoms with van der Waals surface area (Å²) in [7, 11) is 0. The molecule has 0 aliphatic heterocycles. The molecule has 1 N–H and O–H groups in total. The van der Waals surface area contributed by atoms with E-state index in [1.807, 2.05) is 0 Å². The van der Waals surface area contributed by atoms with Crippen LogP contribution in [0, 0.1) is 11.8 Å². The van der Waals surface area contributed by atoms with Crippen molar-refractivity contribution in [2.45, 2.75) is 58.9 Å². The fourth-order valence-electron chi connectivity index (χ4n) is 1.77. The van der Waals surface area contributed by atoms with Crippen LogP contribution < -0.4 is 5.32 Å².